The Hall–Kier alpha value is -0.540. The molecule has 1 aromatic heterocycles. The van der Waals surface area contributed by atoms with Gasteiger partial charge in [-0.15, -0.1) is 11.3 Å². The summed E-state index contributed by atoms with van der Waals surface area (Å²) in [4.78, 5) is 0. The fraction of sp³-hybridized carbons (Fsp3) is 0.429. The SMILES string of the molecule is c1csc(OCC2CO2)c1. The van der Waals surface area contributed by atoms with E-state index in [9.17, 15) is 0 Å². The van der Waals surface area contributed by atoms with Crippen LogP contribution in [-0.2, 0) is 4.74 Å². The third-order valence-corrected chi connectivity index (χ3v) is 2.09. The number of epoxide rings is 1. The van der Waals surface area contributed by atoms with Crippen LogP contribution >= 0.6 is 11.3 Å². The van der Waals surface area contributed by atoms with Crippen LogP contribution in [-0.4, -0.2) is 19.3 Å². The van der Waals surface area contributed by atoms with Gasteiger partial charge in [-0.05, 0) is 17.5 Å². The van der Waals surface area contributed by atoms with Gasteiger partial charge in [-0.2, -0.15) is 0 Å². The van der Waals surface area contributed by atoms with Crippen LogP contribution in [0, 0.1) is 0 Å². The zero-order valence-electron chi connectivity index (χ0n) is 5.45. The minimum atomic E-state index is 0.363. The highest BCUT2D eigenvalue weighted by atomic mass is 32.1. The Morgan fingerprint density at radius 3 is 3.30 bits per heavy atom. The largest absolute Gasteiger partial charge is 0.481 e. The molecule has 1 aliphatic heterocycles. The number of thiophene rings is 1. The van der Waals surface area contributed by atoms with Gasteiger partial charge in [0.1, 0.15) is 12.7 Å². The van der Waals surface area contributed by atoms with Gasteiger partial charge in [0.05, 0.1) is 6.61 Å². The second-order valence-electron chi connectivity index (χ2n) is 2.20. The van der Waals surface area contributed by atoms with Crippen molar-refractivity contribution < 1.29 is 9.47 Å². The van der Waals surface area contributed by atoms with E-state index in [1.54, 1.807) is 11.3 Å². The highest BCUT2D eigenvalue weighted by molar-refractivity contribution is 7.11. The first-order valence-electron chi connectivity index (χ1n) is 3.23. The maximum atomic E-state index is 5.36. The van der Waals surface area contributed by atoms with E-state index in [0.717, 1.165) is 11.7 Å². The van der Waals surface area contributed by atoms with Gasteiger partial charge >= 0.3 is 0 Å². The van der Waals surface area contributed by atoms with E-state index in [4.69, 9.17) is 9.47 Å². The van der Waals surface area contributed by atoms with E-state index in [2.05, 4.69) is 0 Å². The number of hydrogen-bond acceptors (Lipinski definition) is 3. The van der Waals surface area contributed by atoms with Gasteiger partial charge < -0.3 is 9.47 Å². The molecule has 1 unspecified atom stereocenters. The van der Waals surface area contributed by atoms with E-state index < -0.39 is 0 Å². The quantitative estimate of drug-likeness (QED) is 0.619. The van der Waals surface area contributed by atoms with Crippen LogP contribution < -0.4 is 4.74 Å². The van der Waals surface area contributed by atoms with Crippen molar-refractivity contribution in [3.63, 3.8) is 0 Å². The number of ether oxygens (including phenoxy) is 2. The second-order valence-corrected chi connectivity index (χ2v) is 3.11. The van der Waals surface area contributed by atoms with Gasteiger partial charge in [0.25, 0.3) is 0 Å². The lowest BCUT2D eigenvalue weighted by atomic mass is 10.5. The highest BCUT2D eigenvalue weighted by Crippen LogP contribution is 2.20. The minimum absolute atomic E-state index is 0.363. The molecule has 0 radical (unpaired) electrons. The average molecular weight is 156 g/mol. The molecule has 2 heterocycles. The van der Waals surface area contributed by atoms with Crippen molar-refractivity contribution in [2.24, 2.45) is 0 Å². The first kappa shape index (κ1) is 6.19. The van der Waals surface area contributed by atoms with Crippen molar-refractivity contribution in [3.8, 4) is 5.06 Å². The predicted octanol–water partition coefficient (Wildman–Crippen LogP) is 1.53. The zero-order chi connectivity index (χ0) is 6.81. The molecule has 10 heavy (non-hydrogen) atoms. The van der Waals surface area contributed by atoms with Crippen LogP contribution in [0.1, 0.15) is 0 Å². The zero-order valence-corrected chi connectivity index (χ0v) is 6.26. The van der Waals surface area contributed by atoms with Crippen LogP contribution in [0.15, 0.2) is 17.5 Å². The Balaban J connectivity index is 1.79. The monoisotopic (exact) mass is 156 g/mol. The molecule has 1 atom stereocenters. The summed E-state index contributed by atoms with van der Waals surface area (Å²) >= 11 is 1.61. The van der Waals surface area contributed by atoms with Gasteiger partial charge in [-0.25, -0.2) is 0 Å². The molecule has 2 nitrogen and oxygen atoms in total. The molecule has 0 bridgehead atoms. The van der Waals surface area contributed by atoms with Crippen LogP contribution in [0.4, 0.5) is 0 Å². The first-order chi connectivity index (χ1) is 4.95. The average Bonchev–Trinajstić information content (AvgIpc) is 2.63. The molecule has 0 spiro atoms. The summed E-state index contributed by atoms with van der Waals surface area (Å²) in [5, 5.41) is 2.99. The molecule has 1 fully saturated rings. The summed E-state index contributed by atoms with van der Waals surface area (Å²) in [5.41, 5.74) is 0. The first-order valence-corrected chi connectivity index (χ1v) is 4.11. The molecule has 0 aliphatic carbocycles. The molecule has 3 heteroatoms. The molecule has 1 aliphatic rings. The smallest absolute Gasteiger partial charge is 0.173 e. The summed E-state index contributed by atoms with van der Waals surface area (Å²) in [5.74, 6) is 0. The van der Waals surface area contributed by atoms with E-state index >= 15 is 0 Å². The standard InChI is InChI=1S/C7H8O2S/c1-2-7(10-3-1)9-5-6-4-8-6/h1-3,6H,4-5H2. The molecule has 2 rings (SSSR count). The van der Waals surface area contributed by atoms with E-state index in [1.807, 2.05) is 17.5 Å². The third kappa shape index (κ3) is 1.49. The second kappa shape index (κ2) is 2.60. The van der Waals surface area contributed by atoms with E-state index in [0.29, 0.717) is 12.7 Å². The predicted molar refractivity (Wildman–Crippen MR) is 39.6 cm³/mol. The summed E-state index contributed by atoms with van der Waals surface area (Å²) in [6, 6.07) is 3.95. The van der Waals surface area contributed by atoms with Gasteiger partial charge in [-0.1, -0.05) is 0 Å². The fourth-order valence-corrected chi connectivity index (χ4v) is 1.27. The number of rotatable bonds is 3. The number of hydrogen-bond donors (Lipinski definition) is 0. The molecule has 0 amide bonds. The Morgan fingerprint density at radius 1 is 1.80 bits per heavy atom. The third-order valence-electron chi connectivity index (χ3n) is 1.31. The molecule has 0 aromatic carbocycles. The lowest BCUT2D eigenvalue weighted by Gasteiger charge is -1.97. The molecular formula is C7H8O2S. The molecular weight excluding hydrogens is 148 g/mol. The van der Waals surface area contributed by atoms with Crippen molar-refractivity contribution in [1.82, 2.24) is 0 Å². The van der Waals surface area contributed by atoms with Crippen molar-refractivity contribution in [2.75, 3.05) is 13.2 Å². The molecule has 1 aromatic rings. The molecule has 0 N–H and O–H groups in total. The summed E-state index contributed by atoms with van der Waals surface area (Å²) < 4.78 is 10.3. The lowest BCUT2D eigenvalue weighted by Crippen LogP contribution is -2.02. The summed E-state index contributed by atoms with van der Waals surface area (Å²) in [6.07, 6.45) is 0.363. The summed E-state index contributed by atoms with van der Waals surface area (Å²) in [6.45, 7) is 1.58. The van der Waals surface area contributed by atoms with E-state index in [1.165, 1.54) is 0 Å². The van der Waals surface area contributed by atoms with Crippen molar-refractivity contribution in [1.29, 1.82) is 0 Å². The van der Waals surface area contributed by atoms with Crippen LogP contribution in [0.5, 0.6) is 5.06 Å². The Kier molecular flexibility index (Phi) is 1.61. The Morgan fingerprint density at radius 2 is 2.70 bits per heavy atom. The van der Waals surface area contributed by atoms with Crippen LogP contribution in [0.25, 0.3) is 0 Å². The van der Waals surface area contributed by atoms with E-state index in [-0.39, 0.29) is 0 Å². The van der Waals surface area contributed by atoms with Crippen molar-refractivity contribution in [3.05, 3.63) is 17.5 Å². The van der Waals surface area contributed by atoms with Crippen LogP contribution in [0.2, 0.25) is 0 Å². The normalized spacial score (nSPS) is 22.6. The molecule has 0 saturated carbocycles. The van der Waals surface area contributed by atoms with Crippen molar-refractivity contribution in [2.45, 2.75) is 6.10 Å². The van der Waals surface area contributed by atoms with Gasteiger partial charge in [0, 0.05) is 0 Å². The fourth-order valence-electron chi connectivity index (χ4n) is 0.685. The Labute approximate surface area is 63.4 Å². The lowest BCUT2D eigenvalue weighted by molar-refractivity contribution is 0.269. The van der Waals surface area contributed by atoms with Gasteiger partial charge in [0.15, 0.2) is 5.06 Å². The van der Waals surface area contributed by atoms with Crippen molar-refractivity contribution >= 4 is 11.3 Å². The highest BCUT2D eigenvalue weighted by Gasteiger charge is 2.22. The molecule has 54 valence electrons. The Bertz CT molecular complexity index is 191. The maximum Gasteiger partial charge on any atom is 0.173 e. The van der Waals surface area contributed by atoms with Crippen LogP contribution in [0.3, 0.4) is 0 Å². The minimum Gasteiger partial charge on any atom is -0.481 e. The van der Waals surface area contributed by atoms with Gasteiger partial charge in [0.2, 0.25) is 0 Å². The van der Waals surface area contributed by atoms with Gasteiger partial charge in [-0.3, -0.25) is 0 Å². The molecule has 1 saturated heterocycles. The summed E-state index contributed by atoms with van der Waals surface area (Å²) in [7, 11) is 0. The maximum absolute atomic E-state index is 5.36. The topological polar surface area (TPSA) is 21.8 Å².